The van der Waals surface area contributed by atoms with E-state index in [0.29, 0.717) is 12.2 Å². The van der Waals surface area contributed by atoms with Gasteiger partial charge in [0.15, 0.2) is 0 Å². The molecule has 1 amide bonds. The van der Waals surface area contributed by atoms with Crippen LogP contribution in [0.4, 0.5) is 4.39 Å². The van der Waals surface area contributed by atoms with E-state index in [1.807, 2.05) is 24.3 Å². The predicted molar refractivity (Wildman–Crippen MR) is 113 cm³/mol. The highest BCUT2D eigenvalue weighted by molar-refractivity contribution is 5.91. The fourth-order valence-corrected chi connectivity index (χ4v) is 3.59. The molecule has 1 unspecified atom stereocenters. The number of hydrogen-bond donors (Lipinski definition) is 3. The van der Waals surface area contributed by atoms with Gasteiger partial charge >= 0.3 is 0 Å². The average Bonchev–Trinajstić information content (AvgIpc) is 3.40. The van der Waals surface area contributed by atoms with Gasteiger partial charge in [0.1, 0.15) is 17.2 Å². The second-order valence-corrected chi connectivity index (χ2v) is 7.56. The third-order valence-electron chi connectivity index (χ3n) is 5.23. The zero-order chi connectivity index (χ0) is 21.1. The van der Waals surface area contributed by atoms with Crippen molar-refractivity contribution in [1.82, 2.24) is 10.3 Å². The van der Waals surface area contributed by atoms with Gasteiger partial charge < -0.3 is 19.8 Å². The Bertz CT molecular complexity index is 1150. The van der Waals surface area contributed by atoms with Crippen LogP contribution in [-0.4, -0.2) is 22.5 Å². The summed E-state index contributed by atoms with van der Waals surface area (Å²) < 4.78 is 18.6. The number of carbonyl (C=O) groups is 1. The van der Waals surface area contributed by atoms with Crippen LogP contribution in [0.5, 0.6) is 0 Å². The van der Waals surface area contributed by atoms with Gasteiger partial charge in [-0.1, -0.05) is 18.2 Å². The summed E-state index contributed by atoms with van der Waals surface area (Å²) in [6.45, 7) is 1.65. The number of benzene rings is 2. The molecule has 1 atom stereocenters. The third kappa shape index (κ3) is 4.14. The van der Waals surface area contributed by atoms with Crippen molar-refractivity contribution < 1.29 is 18.7 Å². The number of aliphatic hydroxyl groups is 1. The Balaban J connectivity index is 1.50. The van der Waals surface area contributed by atoms with Crippen LogP contribution in [0.25, 0.3) is 22.2 Å². The molecule has 5 nitrogen and oxygen atoms in total. The normalized spacial score (nSPS) is 13.3. The van der Waals surface area contributed by atoms with Crippen LogP contribution in [-0.2, 0) is 16.8 Å². The summed E-state index contributed by atoms with van der Waals surface area (Å²) >= 11 is 0. The molecule has 154 valence electrons. The number of para-hydroxylation sites is 1. The van der Waals surface area contributed by atoms with Crippen LogP contribution < -0.4 is 5.32 Å². The molecule has 0 saturated carbocycles. The molecule has 0 bridgehead atoms. The van der Waals surface area contributed by atoms with E-state index in [2.05, 4.69) is 10.3 Å². The summed E-state index contributed by atoms with van der Waals surface area (Å²) in [5.41, 5.74) is 2.44. The largest absolute Gasteiger partial charge is 0.466 e. The molecule has 4 aromatic rings. The molecule has 6 heteroatoms. The third-order valence-corrected chi connectivity index (χ3v) is 5.23. The van der Waals surface area contributed by atoms with Gasteiger partial charge in [0.25, 0.3) is 0 Å². The molecule has 0 saturated heterocycles. The quantitative estimate of drug-likeness (QED) is 0.422. The van der Waals surface area contributed by atoms with E-state index in [1.54, 1.807) is 31.2 Å². The minimum Gasteiger partial charge on any atom is -0.466 e. The summed E-state index contributed by atoms with van der Waals surface area (Å²) in [6.07, 6.45) is 2.25. The van der Waals surface area contributed by atoms with Gasteiger partial charge in [-0.05, 0) is 66.9 Å². The van der Waals surface area contributed by atoms with Crippen molar-refractivity contribution in [2.45, 2.75) is 25.4 Å². The molecule has 30 heavy (non-hydrogen) atoms. The molecule has 4 rings (SSSR count). The number of H-pyrrole nitrogens is 1. The summed E-state index contributed by atoms with van der Waals surface area (Å²) in [7, 11) is 0. The van der Waals surface area contributed by atoms with Gasteiger partial charge in [0.05, 0.1) is 12.8 Å². The van der Waals surface area contributed by atoms with Gasteiger partial charge in [-0.15, -0.1) is 0 Å². The van der Waals surface area contributed by atoms with Gasteiger partial charge in [0.2, 0.25) is 5.91 Å². The van der Waals surface area contributed by atoms with E-state index in [4.69, 9.17) is 4.42 Å². The standard InChI is InChI=1S/C24H23FN2O3/c1-24(29,21-7-4-14-30-21)15-26-22(28)13-12-19-18-5-2-3-6-20(18)27-23(19)16-8-10-17(25)11-9-16/h2-11,14,27,29H,12-13,15H2,1H3,(H,26,28). The minimum absolute atomic E-state index is 0.0536. The number of fused-ring (bicyclic) bond motifs is 1. The maximum Gasteiger partial charge on any atom is 0.220 e. The van der Waals surface area contributed by atoms with Crippen molar-refractivity contribution in [3.05, 3.63) is 84.1 Å². The molecule has 0 fully saturated rings. The number of aromatic nitrogens is 1. The van der Waals surface area contributed by atoms with Gasteiger partial charge in [-0.25, -0.2) is 4.39 Å². The maximum absolute atomic E-state index is 13.4. The number of aryl methyl sites for hydroxylation is 1. The lowest BCUT2D eigenvalue weighted by Gasteiger charge is -2.21. The van der Waals surface area contributed by atoms with Gasteiger partial charge in [0, 0.05) is 23.0 Å². The molecule has 3 N–H and O–H groups in total. The number of amides is 1. The number of nitrogens with one attached hydrogen (secondary N) is 2. The molecule has 0 aliphatic carbocycles. The second-order valence-electron chi connectivity index (χ2n) is 7.56. The van der Waals surface area contributed by atoms with E-state index in [9.17, 15) is 14.3 Å². The Morgan fingerprint density at radius 3 is 2.63 bits per heavy atom. The zero-order valence-electron chi connectivity index (χ0n) is 16.6. The molecule has 2 aromatic heterocycles. The van der Waals surface area contributed by atoms with Crippen molar-refractivity contribution in [3.63, 3.8) is 0 Å². The van der Waals surface area contributed by atoms with Crippen LogP contribution in [0.3, 0.4) is 0 Å². The molecule has 2 heterocycles. The topological polar surface area (TPSA) is 78.3 Å². The van der Waals surface area contributed by atoms with E-state index in [1.165, 1.54) is 18.4 Å². The zero-order valence-corrected chi connectivity index (χ0v) is 16.6. The molecular weight excluding hydrogens is 383 g/mol. The summed E-state index contributed by atoms with van der Waals surface area (Å²) in [4.78, 5) is 15.9. The van der Waals surface area contributed by atoms with Crippen LogP contribution in [0.1, 0.15) is 24.7 Å². The van der Waals surface area contributed by atoms with E-state index in [0.717, 1.165) is 27.7 Å². The van der Waals surface area contributed by atoms with Crippen LogP contribution in [0.2, 0.25) is 0 Å². The van der Waals surface area contributed by atoms with E-state index in [-0.39, 0.29) is 24.7 Å². The molecule has 0 aliphatic heterocycles. The smallest absolute Gasteiger partial charge is 0.220 e. The Hall–Kier alpha value is -3.38. The number of rotatable bonds is 7. The molecular formula is C24H23FN2O3. The van der Waals surface area contributed by atoms with E-state index < -0.39 is 5.60 Å². The van der Waals surface area contributed by atoms with Crippen LogP contribution in [0.15, 0.2) is 71.3 Å². The minimum atomic E-state index is -1.28. The summed E-state index contributed by atoms with van der Waals surface area (Å²) in [5.74, 6) is -0.0606. The number of halogens is 1. The van der Waals surface area contributed by atoms with Crippen LogP contribution in [0, 0.1) is 5.82 Å². The molecule has 0 aliphatic rings. The first-order valence-corrected chi connectivity index (χ1v) is 9.82. The van der Waals surface area contributed by atoms with Gasteiger partial charge in [-0.3, -0.25) is 4.79 Å². The summed E-state index contributed by atoms with van der Waals surface area (Å²) in [6, 6.07) is 17.6. The Kier molecular flexibility index (Phi) is 5.42. The van der Waals surface area contributed by atoms with Crippen molar-refractivity contribution >= 4 is 16.8 Å². The average molecular weight is 406 g/mol. The highest BCUT2D eigenvalue weighted by Crippen LogP contribution is 2.31. The predicted octanol–water partition coefficient (Wildman–Crippen LogP) is 4.52. The van der Waals surface area contributed by atoms with Crippen molar-refractivity contribution in [3.8, 4) is 11.3 Å². The Morgan fingerprint density at radius 1 is 1.13 bits per heavy atom. The first-order chi connectivity index (χ1) is 14.4. The second kappa shape index (κ2) is 8.16. The lowest BCUT2D eigenvalue weighted by atomic mass is 10.0. The molecule has 0 spiro atoms. The number of aromatic amines is 1. The molecule has 0 radical (unpaired) electrons. The Morgan fingerprint density at radius 2 is 1.90 bits per heavy atom. The van der Waals surface area contributed by atoms with E-state index >= 15 is 0 Å². The monoisotopic (exact) mass is 406 g/mol. The highest BCUT2D eigenvalue weighted by Gasteiger charge is 2.26. The van der Waals surface area contributed by atoms with Crippen LogP contribution >= 0.6 is 0 Å². The van der Waals surface area contributed by atoms with Crippen molar-refractivity contribution in [2.24, 2.45) is 0 Å². The number of hydrogen-bond acceptors (Lipinski definition) is 3. The van der Waals surface area contributed by atoms with Crippen molar-refractivity contribution in [1.29, 1.82) is 0 Å². The van der Waals surface area contributed by atoms with Crippen molar-refractivity contribution in [2.75, 3.05) is 6.54 Å². The fourth-order valence-electron chi connectivity index (χ4n) is 3.59. The first-order valence-electron chi connectivity index (χ1n) is 9.82. The lowest BCUT2D eigenvalue weighted by Crippen LogP contribution is -2.38. The SMILES string of the molecule is CC(O)(CNC(=O)CCc1c(-c2ccc(F)cc2)[nH]c2ccccc12)c1ccco1. The number of furan rings is 1. The first kappa shape index (κ1) is 19.9. The number of carbonyl (C=O) groups excluding carboxylic acids is 1. The fraction of sp³-hybridized carbons (Fsp3) is 0.208. The summed E-state index contributed by atoms with van der Waals surface area (Å²) in [5, 5.41) is 14.3. The molecule has 2 aromatic carbocycles. The lowest BCUT2D eigenvalue weighted by molar-refractivity contribution is -0.122. The Labute approximate surface area is 173 Å². The van der Waals surface area contributed by atoms with Gasteiger partial charge in [-0.2, -0.15) is 0 Å². The highest BCUT2D eigenvalue weighted by atomic mass is 19.1. The maximum atomic E-state index is 13.4.